The van der Waals surface area contributed by atoms with Crippen LogP contribution in [0.25, 0.3) is 0 Å². The molecule has 7 heteroatoms. The van der Waals surface area contributed by atoms with Gasteiger partial charge in [-0.1, -0.05) is 5.92 Å². The molecule has 1 aromatic rings. The van der Waals surface area contributed by atoms with Gasteiger partial charge in [0.2, 0.25) is 5.91 Å². The number of hydrogen-bond acceptors (Lipinski definition) is 5. The van der Waals surface area contributed by atoms with Crippen LogP contribution in [0.3, 0.4) is 0 Å². The normalized spacial score (nSPS) is 19.1. The summed E-state index contributed by atoms with van der Waals surface area (Å²) < 4.78 is 10.7. The quantitative estimate of drug-likeness (QED) is 0.405. The maximum atomic E-state index is 12.3. The van der Waals surface area contributed by atoms with Crippen LogP contribution < -0.4 is 15.5 Å². The van der Waals surface area contributed by atoms with Crippen molar-refractivity contribution < 1.29 is 24.3 Å². The van der Waals surface area contributed by atoms with E-state index in [1.54, 1.807) is 36.7 Å². The van der Waals surface area contributed by atoms with Crippen LogP contribution in [0, 0.1) is 17.8 Å². The van der Waals surface area contributed by atoms with E-state index in [-0.39, 0.29) is 24.3 Å². The number of carbonyl (C=O) groups excluding carboxylic acids is 2. The van der Waals surface area contributed by atoms with Gasteiger partial charge in [0.1, 0.15) is 12.4 Å². The lowest BCUT2D eigenvalue weighted by atomic mass is 9.99. The van der Waals surface area contributed by atoms with E-state index in [1.807, 2.05) is 0 Å². The predicted octanol–water partition coefficient (Wildman–Crippen LogP) is 0.729. The van der Waals surface area contributed by atoms with Crippen molar-refractivity contribution in [2.45, 2.75) is 19.4 Å². The fourth-order valence-corrected chi connectivity index (χ4v) is 2.39. The Hall–Kier alpha value is -2.56. The van der Waals surface area contributed by atoms with Crippen LogP contribution in [0.15, 0.2) is 24.3 Å². The predicted molar refractivity (Wildman–Crippen MR) is 85.5 cm³/mol. The molecule has 128 valence electrons. The van der Waals surface area contributed by atoms with Crippen LogP contribution in [-0.2, 0) is 9.53 Å². The van der Waals surface area contributed by atoms with Gasteiger partial charge in [0.05, 0.1) is 19.3 Å². The molecular weight excluding hydrogens is 312 g/mol. The lowest BCUT2D eigenvalue weighted by Gasteiger charge is -2.18. The van der Waals surface area contributed by atoms with Crippen LogP contribution in [0.5, 0.6) is 5.75 Å². The molecular formula is C17H20N2O5. The first-order valence-corrected chi connectivity index (χ1v) is 7.58. The van der Waals surface area contributed by atoms with Gasteiger partial charge in [-0.05, 0) is 31.2 Å². The molecule has 0 saturated carbocycles. The standard InChI is InChI=1S/C17H20N2O5/c1-2-3-8-24-14-6-4-12(5-7-14)17(21)18-15-11-23-10-13(15)9-16(20)19-22/h4-7,13,15,22H,8-11H2,1H3,(H,18,21)(H,19,20)/t13-,15+/m0/s1. The second-order valence-corrected chi connectivity index (χ2v) is 5.36. The Morgan fingerprint density at radius 2 is 2.08 bits per heavy atom. The van der Waals surface area contributed by atoms with Crippen molar-refractivity contribution >= 4 is 11.8 Å². The van der Waals surface area contributed by atoms with E-state index in [4.69, 9.17) is 14.7 Å². The van der Waals surface area contributed by atoms with E-state index in [2.05, 4.69) is 17.2 Å². The molecule has 0 radical (unpaired) electrons. The summed E-state index contributed by atoms with van der Waals surface area (Å²) in [5.41, 5.74) is 2.08. The summed E-state index contributed by atoms with van der Waals surface area (Å²) in [7, 11) is 0. The van der Waals surface area contributed by atoms with Gasteiger partial charge in [-0.2, -0.15) is 0 Å². The van der Waals surface area contributed by atoms with Gasteiger partial charge in [0, 0.05) is 17.9 Å². The Bertz CT molecular complexity index is 633. The highest BCUT2D eigenvalue weighted by Crippen LogP contribution is 2.18. The minimum atomic E-state index is -0.499. The van der Waals surface area contributed by atoms with E-state index < -0.39 is 5.91 Å². The molecule has 0 aliphatic carbocycles. The Morgan fingerprint density at radius 3 is 2.75 bits per heavy atom. The SMILES string of the molecule is CC#CCOc1ccc(C(=O)N[C@@H]2COC[C@@H]2CC(=O)NO)cc1. The molecule has 1 fully saturated rings. The summed E-state index contributed by atoms with van der Waals surface area (Å²) in [6.45, 7) is 2.74. The molecule has 1 saturated heterocycles. The van der Waals surface area contributed by atoms with Gasteiger partial charge >= 0.3 is 0 Å². The minimum absolute atomic E-state index is 0.0900. The first-order valence-electron chi connectivity index (χ1n) is 7.58. The van der Waals surface area contributed by atoms with Gasteiger partial charge in [0.15, 0.2) is 0 Å². The van der Waals surface area contributed by atoms with E-state index in [0.29, 0.717) is 31.1 Å². The molecule has 2 atom stereocenters. The molecule has 24 heavy (non-hydrogen) atoms. The number of rotatable bonds is 6. The largest absolute Gasteiger partial charge is 0.481 e. The fraction of sp³-hybridized carbons (Fsp3) is 0.412. The summed E-state index contributed by atoms with van der Waals surface area (Å²) in [6.07, 6.45) is 0.0900. The van der Waals surface area contributed by atoms with E-state index in [1.165, 1.54) is 0 Å². The summed E-state index contributed by atoms with van der Waals surface area (Å²) in [5, 5.41) is 11.5. The monoisotopic (exact) mass is 332 g/mol. The summed E-state index contributed by atoms with van der Waals surface area (Å²) in [5.74, 6) is 5.24. The maximum Gasteiger partial charge on any atom is 0.251 e. The Labute approximate surface area is 140 Å². The highest BCUT2D eigenvalue weighted by Gasteiger charge is 2.31. The zero-order valence-corrected chi connectivity index (χ0v) is 13.4. The van der Waals surface area contributed by atoms with Gasteiger partial charge in [-0.15, -0.1) is 5.92 Å². The third-order valence-electron chi connectivity index (χ3n) is 3.69. The highest BCUT2D eigenvalue weighted by atomic mass is 16.5. The second kappa shape index (κ2) is 8.91. The van der Waals surface area contributed by atoms with Crippen molar-refractivity contribution in [2.75, 3.05) is 19.8 Å². The molecule has 1 aliphatic rings. The number of nitrogens with one attached hydrogen (secondary N) is 2. The van der Waals surface area contributed by atoms with E-state index in [9.17, 15) is 9.59 Å². The van der Waals surface area contributed by atoms with Crippen LogP contribution in [-0.4, -0.2) is 42.9 Å². The molecule has 2 amide bonds. The van der Waals surface area contributed by atoms with Crippen LogP contribution in [0.1, 0.15) is 23.7 Å². The van der Waals surface area contributed by atoms with Crippen molar-refractivity contribution in [3.05, 3.63) is 29.8 Å². The van der Waals surface area contributed by atoms with Gasteiger partial charge in [-0.25, -0.2) is 5.48 Å². The highest BCUT2D eigenvalue weighted by molar-refractivity contribution is 5.94. The lowest BCUT2D eigenvalue weighted by molar-refractivity contribution is -0.130. The first-order chi connectivity index (χ1) is 11.6. The molecule has 0 unspecified atom stereocenters. The van der Waals surface area contributed by atoms with Crippen molar-refractivity contribution in [3.8, 4) is 17.6 Å². The lowest BCUT2D eigenvalue weighted by Crippen LogP contribution is -2.41. The van der Waals surface area contributed by atoms with Crippen molar-refractivity contribution in [1.82, 2.24) is 10.8 Å². The van der Waals surface area contributed by atoms with Crippen molar-refractivity contribution in [1.29, 1.82) is 0 Å². The number of ether oxygens (including phenoxy) is 2. The Kier molecular flexibility index (Phi) is 6.61. The Balaban J connectivity index is 1.91. The van der Waals surface area contributed by atoms with Crippen LogP contribution in [0.2, 0.25) is 0 Å². The molecule has 0 bridgehead atoms. The molecule has 3 N–H and O–H groups in total. The zero-order chi connectivity index (χ0) is 17.4. The van der Waals surface area contributed by atoms with Crippen molar-refractivity contribution in [2.24, 2.45) is 5.92 Å². The molecule has 7 nitrogen and oxygen atoms in total. The second-order valence-electron chi connectivity index (χ2n) is 5.36. The number of hydroxylamine groups is 1. The number of hydrogen-bond donors (Lipinski definition) is 3. The summed E-state index contributed by atoms with van der Waals surface area (Å²) in [6, 6.07) is 6.46. The molecule has 2 rings (SSSR count). The number of benzene rings is 1. The van der Waals surface area contributed by atoms with Gasteiger partial charge in [0.25, 0.3) is 5.91 Å². The third kappa shape index (κ3) is 4.98. The fourth-order valence-electron chi connectivity index (χ4n) is 2.39. The molecule has 0 spiro atoms. The molecule has 1 aliphatic heterocycles. The number of amides is 2. The summed E-state index contributed by atoms with van der Waals surface area (Å²) >= 11 is 0. The third-order valence-corrected chi connectivity index (χ3v) is 3.69. The minimum Gasteiger partial charge on any atom is -0.481 e. The Morgan fingerprint density at radius 1 is 1.33 bits per heavy atom. The van der Waals surface area contributed by atoms with E-state index >= 15 is 0 Å². The smallest absolute Gasteiger partial charge is 0.251 e. The van der Waals surface area contributed by atoms with Gasteiger partial charge < -0.3 is 14.8 Å². The molecule has 1 aromatic carbocycles. The average Bonchev–Trinajstić information content (AvgIpc) is 3.02. The first kappa shape index (κ1) is 17.8. The molecule has 0 aromatic heterocycles. The average molecular weight is 332 g/mol. The topological polar surface area (TPSA) is 96.9 Å². The van der Waals surface area contributed by atoms with Crippen LogP contribution in [0.4, 0.5) is 0 Å². The summed E-state index contributed by atoms with van der Waals surface area (Å²) in [4.78, 5) is 23.6. The number of carbonyl (C=O) groups is 2. The zero-order valence-electron chi connectivity index (χ0n) is 13.4. The van der Waals surface area contributed by atoms with E-state index in [0.717, 1.165) is 0 Å². The van der Waals surface area contributed by atoms with Crippen LogP contribution >= 0.6 is 0 Å². The molecule has 1 heterocycles. The van der Waals surface area contributed by atoms with Gasteiger partial charge in [-0.3, -0.25) is 14.8 Å². The maximum absolute atomic E-state index is 12.3. The van der Waals surface area contributed by atoms with Crippen molar-refractivity contribution in [3.63, 3.8) is 0 Å².